The first-order valence-corrected chi connectivity index (χ1v) is 4.22. The van der Waals surface area contributed by atoms with Gasteiger partial charge in [-0.1, -0.05) is 0 Å². The monoisotopic (exact) mass is 174 g/mol. The summed E-state index contributed by atoms with van der Waals surface area (Å²) in [7, 11) is 1.74. The quantitative estimate of drug-likeness (QED) is 0.594. The van der Waals surface area contributed by atoms with Crippen LogP contribution in [0.3, 0.4) is 0 Å². The standard InChI is InChI=1S/C7H14N2OS/c1-10-6-3-2-5(4-6)9-7(8)11/h5-6H,2-4H2,1H3,(H3,8,9,11). The van der Waals surface area contributed by atoms with Crippen molar-refractivity contribution in [2.75, 3.05) is 7.11 Å². The molecule has 0 radical (unpaired) electrons. The van der Waals surface area contributed by atoms with Crippen LogP contribution in [0.5, 0.6) is 0 Å². The first-order chi connectivity index (χ1) is 5.22. The Morgan fingerprint density at radius 3 is 2.82 bits per heavy atom. The summed E-state index contributed by atoms with van der Waals surface area (Å²) in [5.74, 6) is 0. The first-order valence-electron chi connectivity index (χ1n) is 3.81. The van der Waals surface area contributed by atoms with E-state index in [1.54, 1.807) is 7.11 Å². The number of thiocarbonyl (C=S) groups is 1. The molecule has 0 aromatic heterocycles. The van der Waals surface area contributed by atoms with Crippen molar-refractivity contribution in [1.82, 2.24) is 5.32 Å². The van der Waals surface area contributed by atoms with Gasteiger partial charge in [0.1, 0.15) is 0 Å². The van der Waals surface area contributed by atoms with Crippen LogP contribution >= 0.6 is 12.2 Å². The van der Waals surface area contributed by atoms with E-state index in [0.717, 1.165) is 19.3 Å². The van der Waals surface area contributed by atoms with Gasteiger partial charge in [-0.25, -0.2) is 0 Å². The lowest BCUT2D eigenvalue weighted by Crippen LogP contribution is -2.37. The highest BCUT2D eigenvalue weighted by atomic mass is 32.1. The molecule has 1 fully saturated rings. The summed E-state index contributed by atoms with van der Waals surface area (Å²) < 4.78 is 5.20. The Morgan fingerprint density at radius 1 is 1.64 bits per heavy atom. The third kappa shape index (κ3) is 2.63. The topological polar surface area (TPSA) is 47.3 Å². The number of hydrogen-bond donors (Lipinski definition) is 2. The molecule has 1 saturated carbocycles. The fraction of sp³-hybridized carbons (Fsp3) is 0.857. The molecule has 64 valence electrons. The van der Waals surface area contributed by atoms with E-state index in [2.05, 4.69) is 5.32 Å². The van der Waals surface area contributed by atoms with E-state index in [9.17, 15) is 0 Å². The van der Waals surface area contributed by atoms with Gasteiger partial charge in [0.05, 0.1) is 6.10 Å². The first kappa shape index (κ1) is 8.74. The van der Waals surface area contributed by atoms with Gasteiger partial charge < -0.3 is 15.8 Å². The van der Waals surface area contributed by atoms with Gasteiger partial charge in [0.25, 0.3) is 0 Å². The summed E-state index contributed by atoms with van der Waals surface area (Å²) in [6.07, 6.45) is 3.63. The second kappa shape index (κ2) is 3.88. The fourth-order valence-corrected chi connectivity index (χ4v) is 1.65. The Morgan fingerprint density at radius 2 is 2.36 bits per heavy atom. The molecule has 2 atom stereocenters. The third-order valence-electron chi connectivity index (χ3n) is 2.06. The van der Waals surface area contributed by atoms with E-state index >= 15 is 0 Å². The molecule has 0 heterocycles. The van der Waals surface area contributed by atoms with Gasteiger partial charge in [-0.2, -0.15) is 0 Å². The van der Waals surface area contributed by atoms with Crippen molar-refractivity contribution in [3.05, 3.63) is 0 Å². The highest BCUT2D eigenvalue weighted by molar-refractivity contribution is 7.80. The molecule has 2 unspecified atom stereocenters. The minimum atomic E-state index is 0.391. The molecule has 0 saturated heterocycles. The maximum atomic E-state index is 5.34. The SMILES string of the molecule is COC1CCC(NC(N)=S)C1. The summed E-state index contributed by atoms with van der Waals surface area (Å²) in [6, 6.07) is 0.428. The average Bonchev–Trinajstić information content (AvgIpc) is 2.34. The normalized spacial score (nSPS) is 30.3. The molecule has 0 amide bonds. The molecule has 0 spiro atoms. The molecule has 4 heteroatoms. The zero-order valence-electron chi connectivity index (χ0n) is 6.67. The van der Waals surface area contributed by atoms with E-state index in [-0.39, 0.29) is 0 Å². The van der Waals surface area contributed by atoms with Crippen LogP contribution in [0.25, 0.3) is 0 Å². The van der Waals surface area contributed by atoms with Crippen molar-refractivity contribution < 1.29 is 4.74 Å². The lowest BCUT2D eigenvalue weighted by molar-refractivity contribution is 0.107. The average molecular weight is 174 g/mol. The predicted molar refractivity (Wildman–Crippen MR) is 48.4 cm³/mol. The van der Waals surface area contributed by atoms with Crippen LogP contribution in [0.4, 0.5) is 0 Å². The van der Waals surface area contributed by atoms with Crippen LogP contribution in [-0.4, -0.2) is 24.4 Å². The summed E-state index contributed by atoms with van der Waals surface area (Å²) in [5, 5.41) is 3.43. The van der Waals surface area contributed by atoms with Gasteiger partial charge >= 0.3 is 0 Å². The summed E-state index contributed by atoms with van der Waals surface area (Å²) in [5.41, 5.74) is 5.34. The lowest BCUT2D eigenvalue weighted by atomic mass is 10.2. The van der Waals surface area contributed by atoms with E-state index in [1.807, 2.05) is 0 Å². The summed E-state index contributed by atoms with van der Waals surface area (Å²) >= 11 is 4.73. The van der Waals surface area contributed by atoms with Crippen molar-refractivity contribution in [3.8, 4) is 0 Å². The van der Waals surface area contributed by atoms with Crippen LogP contribution in [0.15, 0.2) is 0 Å². The zero-order valence-corrected chi connectivity index (χ0v) is 7.49. The Hall–Kier alpha value is -0.350. The van der Waals surface area contributed by atoms with Crippen LogP contribution in [-0.2, 0) is 4.74 Å². The van der Waals surface area contributed by atoms with Crippen molar-refractivity contribution in [2.24, 2.45) is 5.73 Å². The summed E-state index contributed by atoms with van der Waals surface area (Å²) in [6.45, 7) is 0. The second-order valence-electron chi connectivity index (χ2n) is 2.88. The molecule has 0 aromatic rings. The fourth-order valence-electron chi connectivity index (χ4n) is 1.49. The molecule has 1 rings (SSSR count). The van der Waals surface area contributed by atoms with Gasteiger partial charge in [0, 0.05) is 13.2 Å². The highest BCUT2D eigenvalue weighted by Crippen LogP contribution is 2.20. The van der Waals surface area contributed by atoms with Crippen molar-refractivity contribution in [1.29, 1.82) is 0 Å². The largest absolute Gasteiger partial charge is 0.381 e. The molecule has 0 bridgehead atoms. The van der Waals surface area contributed by atoms with Gasteiger partial charge in [0.2, 0.25) is 0 Å². The summed E-state index contributed by atoms with van der Waals surface area (Å²) in [4.78, 5) is 0. The molecular weight excluding hydrogens is 160 g/mol. The molecule has 1 aliphatic carbocycles. The zero-order chi connectivity index (χ0) is 8.27. The second-order valence-corrected chi connectivity index (χ2v) is 3.32. The molecular formula is C7H14N2OS. The van der Waals surface area contributed by atoms with Gasteiger partial charge in [-0.05, 0) is 31.5 Å². The predicted octanol–water partition coefficient (Wildman–Crippen LogP) is 0.387. The number of hydrogen-bond acceptors (Lipinski definition) is 2. The molecule has 3 N–H and O–H groups in total. The number of ether oxygens (including phenoxy) is 1. The molecule has 3 nitrogen and oxygen atoms in total. The van der Waals surface area contributed by atoms with E-state index in [4.69, 9.17) is 22.7 Å². The van der Waals surface area contributed by atoms with Gasteiger partial charge in [-0.15, -0.1) is 0 Å². The molecule has 11 heavy (non-hydrogen) atoms. The van der Waals surface area contributed by atoms with Crippen LogP contribution < -0.4 is 11.1 Å². The third-order valence-corrected chi connectivity index (χ3v) is 2.18. The minimum Gasteiger partial charge on any atom is -0.381 e. The highest BCUT2D eigenvalue weighted by Gasteiger charge is 2.23. The Kier molecular flexibility index (Phi) is 3.08. The van der Waals surface area contributed by atoms with Crippen molar-refractivity contribution >= 4 is 17.3 Å². The number of methoxy groups -OCH3 is 1. The van der Waals surface area contributed by atoms with Crippen molar-refractivity contribution in [2.45, 2.75) is 31.4 Å². The van der Waals surface area contributed by atoms with Crippen LogP contribution in [0.2, 0.25) is 0 Å². The van der Waals surface area contributed by atoms with Gasteiger partial charge in [-0.3, -0.25) is 0 Å². The number of nitrogens with two attached hydrogens (primary N) is 1. The Labute approximate surface area is 72.3 Å². The van der Waals surface area contributed by atoms with Crippen LogP contribution in [0.1, 0.15) is 19.3 Å². The smallest absolute Gasteiger partial charge is 0.163 e. The van der Waals surface area contributed by atoms with E-state index < -0.39 is 0 Å². The Bertz CT molecular complexity index is 151. The van der Waals surface area contributed by atoms with E-state index in [1.165, 1.54) is 0 Å². The maximum Gasteiger partial charge on any atom is 0.163 e. The van der Waals surface area contributed by atoms with Gasteiger partial charge in [0.15, 0.2) is 5.11 Å². The Balaban J connectivity index is 2.24. The van der Waals surface area contributed by atoms with Crippen LogP contribution in [0, 0.1) is 0 Å². The number of rotatable bonds is 2. The maximum absolute atomic E-state index is 5.34. The molecule has 0 aromatic carbocycles. The number of nitrogens with one attached hydrogen (secondary N) is 1. The minimum absolute atomic E-state index is 0.391. The molecule has 0 aliphatic heterocycles. The molecule has 1 aliphatic rings. The van der Waals surface area contributed by atoms with Crippen molar-refractivity contribution in [3.63, 3.8) is 0 Å². The lowest BCUT2D eigenvalue weighted by Gasteiger charge is -2.11. The van der Waals surface area contributed by atoms with E-state index in [0.29, 0.717) is 17.3 Å².